The van der Waals surface area contributed by atoms with E-state index in [-0.39, 0.29) is 5.91 Å². The highest BCUT2D eigenvalue weighted by molar-refractivity contribution is 5.80. The van der Waals surface area contributed by atoms with Gasteiger partial charge in [0.15, 0.2) is 6.10 Å². The van der Waals surface area contributed by atoms with E-state index in [4.69, 9.17) is 4.74 Å². The summed E-state index contributed by atoms with van der Waals surface area (Å²) < 4.78 is 5.43. The van der Waals surface area contributed by atoms with Crippen LogP contribution < -0.4 is 10.1 Å². The van der Waals surface area contributed by atoms with E-state index in [0.29, 0.717) is 5.75 Å². The summed E-state index contributed by atoms with van der Waals surface area (Å²) in [4.78, 5) is 11.2. The van der Waals surface area contributed by atoms with Gasteiger partial charge < -0.3 is 15.2 Å². The van der Waals surface area contributed by atoms with E-state index in [1.165, 1.54) is 0 Å². The minimum absolute atomic E-state index is 0.178. The van der Waals surface area contributed by atoms with Gasteiger partial charge in [0.2, 0.25) is 0 Å². The maximum atomic E-state index is 11.2. The van der Waals surface area contributed by atoms with Gasteiger partial charge in [-0.3, -0.25) is 4.79 Å². The molecule has 2 atom stereocenters. The number of ether oxygens (including phenoxy) is 1. The number of amides is 1. The zero-order valence-corrected chi connectivity index (χ0v) is 9.73. The summed E-state index contributed by atoms with van der Waals surface area (Å²) in [5.74, 6) is 0.400. The highest BCUT2D eigenvalue weighted by Crippen LogP contribution is 2.19. The van der Waals surface area contributed by atoms with Crippen molar-refractivity contribution < 1.29 is 14.6 Å². The molecule has 1 rings (SSSR count). The van der Waals surface area contributed by atoms with Gasteiger partial charge in [0.25, 0.3) is 5.91 Å². The molecule has 0 aliphatic rings. The number of benzene rings is 1. The lowest BCUT2D eigenvalue weighted by molar-refractivity contribution is -0.126. The second kappa shape index (κ2) is 5.51. The van der Waals surface area contributed by atoms with Gasteiger partial charge in [0, 0.05) is 7.05 Å². The maximum absolute atomic E-state index is 11.2. The van der Waals surface area contributed by atoms with Crippen molar-refractivity contribution in [3.05, 3.63) is 29.8 Å². The Bertz CT molecular complexity index is 363. The Labute approximate surface area is 95.2 Å². The van der Waals surface area contributed by atoms with Gasteiger partial charge in [0.1, 0.15) is 5.75 Å². The van der Waals surface area contributed by atoms with Crippen LogP contribution in [0.5, 0.6) is 5.75 Å². The van der Waals surface area contributed by atoms with Crippen LogP contribution in [0, 0.1) is 0 Å². The predicted octanol–water partition coefficient (Wildman–Crippen LogP) is 1.25. The second-order valence-electron chi connectivity index (χ2n) is 3.62. The summed E-state index contributed by atoms with van der Waals surface area (Å²) in [7, 11) is 1.56. The van der Waals surface area contributed by atoms with E-state index >= 15 is 0 Å². The van der Waals surface area contributed by atoms with Crippen molar-refractivity contribution in [3.8, 4) is 5.75 Å². The first-order valence-corrected chi connectivity index (χ1v) is 5.21. The van der Waals surface area contributed by atoms with Gasteiger partial charge in [-0.1, -0.05) is 12.1 Å². The number of rotatable bonds is 4. The number of aliphatic hydroxyl groups excluding tert-OH is 1. The molecule has 0 spiro atoms. The first-order valence-electron chi connectivity index (χ1n) is 5.21. The molecule has 0 heterocycles. The number of hydrogen-bond acceptors (Lipinski definition) is 3. The number of hydrogen-bond donors (Lipinski definition) is 2. The molecule has 1 amide bonds. The number of carbonyl (C=O) groups excluding carboxylic acids is 1. The van der Waals surface area contributed by atoms with Crippen molar-refractivity contribution in [3.63, 3.8) is 0 Å². The zero-order valence-electron chi connectivity index (χ0n) is 9.73. The van der Waals surface area contributed by atoms with E-state index in [1.54, 1.807) is 39.1 Å². The molecule has 0 aliphatic carbocycles. The van der Waals surface area contributed by atoms with Crippen molar-refractivity contribution in [1.82, 2.24) is 5.32 Å². The lowest BCUT2D eigenvalue weighted by Gasteiger charge is -2.14. The number of nitrogens with one attached hydrogen (secondary N) is 1. The van der Waals surface area contributed by atoms with Gasteiger partial charge in [-0.05, 0) is 31.5 Å². The van der Waals surface area contributed by atoms with E-state index in [9.17, 15) is 9.90 Å². The minimum Gasteiger partial charge on any atom is -0.481 e. The summed E-state index contributed by atoms with van der Waals surface area (Å²) in [6.07, 6.45) is -1.09. The molecule has 0 saturated heterocycles. The van der Waals surface area contributed by atoms with Crippen LogP contribution >= 0.6 is 0 Å². The summed E-state index contributed by atoms with van der Waals surface area (Å²) in [5.41, 5.74) is 0.765. The van der Waals surface area contributed by atoms with Crippen molar-refractivity contribution in [2.45, 2.75) is 26.1 Å². The topological polar surface area (TPSA) is 58.6 Å². The van der Waals surface area contributed by atoms with Gasteiger partial charge in [-0.15, -0.1) is 0 Å². The zero-order chi connectivity index (χ0) is 12.1. The molecule has 0 bridgehead atoms. The smallest absolute Gasteiger partial charge is 0.260 e. The van der Waals surface area contributed by atoms with Crippen molar-refractivity contribution in [2.24, 2.45) is 0 Å². The van der Waals surface area contributed by atoms with Crippen LogP contribution in [-0.2, 0) is 4.79 Å². The Balaban J connectivity index is 2.74. The molecular weight excluding hydrogens is 206 g/mol. The molecule has 1 aromatic carbocycles. The lowest BCUT2D eigenvalue weighted by atomic mass is 10.1. The molecule has 0 radical (unpaired) electrons. The Morgan fingerprint density at radius 2 is 2.12 bits per heavy atom. The molecule has 4 nitrogen and oxygen atoms in total. The number of likely N-dealkylation sites (N-methyl/N-ethyl adjacent to an activating group) is 1. The Hall–Kier alpha value is -1.55. The van der Waals surface area contributed by atoms with E-state index < -0.39 is 12.2 Å². The highest BCUT2D eigenvalue weighted by Gasteiger charge is 2.12. The van der Waals surface area contributed by atoms with Gasteiger partial charge >= 0.3 is 0 Å². The van der Waals surface area contributed by atoms with Gasteiger partial charge in [-0.25, -0.2) is 0 Å². The Kier molecular flexibility index (Phi) is 4.31. The van der Waals surface area contributed by atoms with Gasteiger partial charge in [-0.2, -0.15) is 0 Å². The number of carbonyl (C=O) groups is 1. The van der Waals surface area contributed by atoms with Crippen LogP contribution in [-0.4, -0.2) is 24.2 Å². The van der Waals surface area contributed by atoms with Crippen LogP contribution in [0.3, 0.4) is 0 Å². The predicted molar refractivity (Wildman–Crippen MR) is 61.2 cm³/mol. The van der Waals surface area contributed by atoms with Crippen molar-refractivity contribution >= 4 is 5.91 Å². The molecule has 16 heavy (non-hydrogen) atoms. The fourth-order valence-corrected chi connectivity index (χ4v) is 1.31. The Morgan fingerprint density at radius 1 is 1.44 bits per heavy atom. The molecule has 0 aromatic heterocycles. The molecule has 1 aromatic rings. The molecule has 4 heteroatoms. The van der Waals surface area contributed by atoms with E-state index in [2.05, 4.69) is 5.32 Å². The molecule has 0 aliphatic heterocycles. The molecular formula is C12H17NO3. The van der Waals surface area contributed by atoms with E-state index in [0.717, 1.165) is 5.56 Å². The SMILES string of the molecule is CNC(=O)C(C)Oc1cccc([C@@H](C)O)c1. The highest BCUT2D eigenvalue weighted by atomic mass is 16.5. The van der Waals surface area contributed by atoms with E-state index in [1.807, 2.05) is 6.07 Å². The largest absolute Gasteiger partial charge is 0.481 e. The fourth-order valence-electron chi connectivity index (χ4n) is 1.31. The number of aliphatic hydroxyl groups is 1. The normalized spacial score (nSPS) is 14.0. The third kappa shape index (κ3) is 3.24. The van der Waals surface area contributed by atoms with Crippen LogP contribution in [0.1, 0.15) is 25.5 Å². The first kappa shape index (κ1) is 12.5. The molecule has 0 fully saturated rings. The summed E-state index contributed by atoms with van der Waals surface area (Å²) >= 11 is 0. The average molecular weight is 223 g/mol. The average Bonchev–Trinajstić information content (AvgIpc) is 2.28. The third-order valence-corrected chi connectivity index (χ3v) is 2.27. The minimum atomic E-state index is -0.547. The first-order chi connectivity index (χ1) is 7.54. The summed E-state index contributed by atoms with van der Waals surface area (Å²) in [5, 5.41) is 11.9. The lowest BCUT2D eigenvalue weighted by Crippen LogP contribution is -2.33. The van der Waals surface area contributed by atoms with Crippen LogP contribution in [0.4, 0.5) is 0 Å². The second-order valence-corrected chi connectivity index (χ2v) is 3.62. The molecule has 88 valence electrons. The van der Waals surface area contributed by atoms with Crippen LogP contribution in [0.15, 0.2) is 24.3 Å². The summed E-state index contributed by atoms with van der Waals surface area (Å²) in [6.45, 7) is 3.36. The van der Waals surface area contributed by atoms with Crippen molar-refractivity contribution in [1.29, 1.82) is 0 Å². The maximum Gasteiger partial charge on any atom is 0.260 e. The summed E-state index contributed by atoms with van der Waals surface area (Å²) in [6, 6.07) is 7.07. The Morgan fingerprint density at radius 3 is 2.69 bits per heavy atom. The van der Waals surface area contributed by atoms with Crippen molar-refractivity contribution in [2.75, 3.05) is 7.05 Å². The standard InChI is InChI=1S/C12H17NO3/c1-8(14)10-5-4-6-11(7-10)16-9(2)12(15)13-3/h4-9,14H,1-3H3,(H,13,15)/t8-,9?/m1/s1. The monoisotopic (exact) mass is 223 g/mol. The molecule has 0 saturated carbocycles. The van der Waals surface area contributed by atoms with Crippen LogP contribution in [0.2, 0.25) is 0 Å². The fraction of sp³-hybridized carbons (Fsp3) is 0.417. The third-order valence-electron chi connectivity index (χ3n) is 2.27. The molecule has 2 N–H and O–H groups in total. The van der Waals surface area contributed by atoms with Crippen LogP contribution in [0.25, 0.3) is 0 Å². The van der Waals surface area contributed by atoms with Gasteiger partial charge in [0.05, 0.1) is 6.10 Å². The molecule has 1 unspecified atom stereocenters. The quantitative estimate of drug-likeness (QED) is 0.807.